The maximum Gasteiger partial charge on any atom is -0.00973 e. The van der Waals surface area contributed by atoms with Crippen molar-refractivity contribution in [3.63, 3.8) is 0 Å². The number of rotatable bonds is 0. The van der Waals surface area contributed by atoms with Gasteiger partial charge in [-0.05, 0) is 60.4 Å². The van der Waals surface area contributed by atoms with E-state index in [-0.39, 0.29) is 0 Å². The Morgan fingerprint density at radius 1 is 1.31 bits per heavy atom. The molecule has 69 valence electrons. The van der Waals surface area contributed by atoms with Gasteiger partial charge in [0.15, 0.2) is 0 Å². The Balaban J connectivity index is 2.64. The zero-order chi connectivity index (χ0) is 9.64. The van der Waals surface area contributed by atoms with Crippen molar-refractivity contribution in [2.75, 3.05) is 0 Å². The molecule has 0 unspecified atom stereocenters. The van der Waals surface area contributed by atoms with Crippen molar-refractivity contribution in [3.05, 3.63) is 34.4 Å². The molecular weight excluding hydrogens is 156 g/mol. The van der Waals surface area contributed by atoms with E-state index in [1.807, 2.05) is 0 Å². The van der Waals surface area contributed by atoms with E-state index < -0.39 is 0 Å². The van der Waals surface area contributed by atoms with Crippen LogP contribution in [0.1, 0.15) is 42.5 Å². The van der Waals surface area contributed by atoms with Crippen LogP contribution in [-0.4, -0.2) is 0 Å². The van der Waals surface area contributed by atoms with E-state index in [4.69, 9.17) is 0 Å². The highest BCUT2D eigenvalue weighted by molar-refractivity contribution is 5.45. The molecule has 0 saturated heterocycles. The second-order valence-corrected chi connectivity index (χ2v) is 4.81. The lowest BCUT2D eigenvalue weighted by molar-refractivity contribution is 0.522. The predicted octanol–water partition coefficient (Wildman–Crippen LogP) is 3.33. The second-order valence-electron chi connectivity index (χ2n) is 4.81. The molecule has 13 heavy (non-hydrogen) atoms. The molecule has 0 heteroatoms. The van der Waals surface area contributed by atoms with Crippen LogP contribution >= 0.6 is 0 Å². The van der Waals surface area contributed by atoms with E-state index in [0.717, 1.165) is 0 Å². The monoisotopic (exact) mass is 173 g/mol. The Hall–Kier alpha value is -0.780. The normalized spacial score (nSPS) is 18.8. The number of hydrogen-bond acceptors (Lipinski definition) is 0. The summed E-state index contributed by atoms with van der Waals surface area (Å²) < 4.78 is 0. The minimum atomic E-state index is 0.379. The summed E-state index contributed by atoms with van der Waals surface area (Å²) in [5.74, 6) is 0. The van der Waals surface area contributed by atoms with E-state index in [1.54, 1.807) is 5.56 Å². The molecule has 0 N–H and O–H groups in total. The van der Waals surface area contributed by atoms with E-state index in [2.05, 4.69) is 39.8 Å². The Kier molecular flexibility index (Phi) is 1.76. The van der Waals surface area contributed by atoms with Crippen LogP contribution in [0.25, 0.3) is 0 Å². The summed E-state index contributed by atoms with van der Waals surface area (Å²) >= 11 is 0. The molecule has 0 nitrogen and oxygen atoms in total. The number of fused-ring (bicyclic) bond motifs is 1. The second kappa shape index (κ2) is 2.60. The number of aryl methyl sites for hydroxylation is 1. The summed E-state index contributed by atoms with van der Waals surface area (Å²) in [5, 5.41) is 0. The Bertz CT molecular complexity index is 345. The molecular formula is C13H17. The summed E-state index contributed by atoms with van der Waals surface area (Å²) in [6.07, 6.45) is 2.55. The molecule has 0 bridgehead atoms. The molecule has 0 amide bonds. The Morgan fingerprint density at radius 2 is 2.00 bits per heavy atom. The largest absolute Gasteiger partial charge is 0.0558 e. The van der Waals surface area contributed by atoms with Gasteiger partial charge >= 0.3 is 0 Å². The molecule has 0 aromatic heterocycles. The Labute approximate surface area is 81.0 Å². The highest BCUT2D eigenvalue weighted by Gasteiger charge is 2.30. The highest BCUT2D eigenvalue weighted by Crippen LogP contribution is 2.40. The molecule has 0 spiro atoms. The van der Waals surface area contributed by atoms with Crippen LogP contribution < -0.4 is 0 Å². The van der Waals surface area contributed by atoms with Gasteiger partial charge in [0.25, 0.3) is 0 Å². The number of hydrogen-bond donors (Lipinski definition) is 0. The highest BCUT2D eigenvalue weighted by atomic mass is 14.3. The number of benzene rings is 1. The SMILES string of the molecule is Cc1[c]cc2c(c1C)CCC2(C)C. The molecule has 0 fully saturated rings. The first kappa shape index (κ1) is 8.80. The maximum atomic E-state index is 3.36. The first-order valence-corrected chi connectivity index (χ1v) is 5.03. The van der Waals surface area contributed by atoms with Crippen molar-refractivity contribution in [2.45, 2.75) is 46.0 Å². The lowest BCUT2D eigenvalue weighted by atomic mass is 9.85. The van der Waals surface area contributed by atoms with Crippen LogP contribution in [0, 0.1) is 19.9 Å². The third kappa shape index (κ3) is 1.20. The van der Waals surface area contributed by atoms with Gasteiger partial charge in [-0.25, -0.2) is 0 Å². The summed E-state index contributed by atoms with van der Waals surface area (Å²) in [6.45, 7) is 9.05. The standard InChI is InChI=1S/C13H17/c1-9-5-6-12-11(10(9)2)7-8-13(12,3)4/h6H,7-8H2,1-4H3. The fourth-order valence-corrected chi connectivity index (χ4v) is 2.30. The fourth-order valence-electron chi connectivity index (χ4n) is 2.30. The van der Waals surface area contributed by atoms with E-state index >= 15 is 0 Å². The van der Waals surface area contributed by atoms with Gasteiger partial charge in [0, 0.05) is 0 Å². The minimum absolute atomic E-state index is 0.379. The van der Waals surface area contributed by atoms with Gasteiger partial charge in [-0.1, -0.05) is 19.9 Å². The average molecular weight is 173 g/mol. The maximum absolute atomic E-state index is 3.36. The van der Waals surface area contributed by atoms with Crippen LogP contribution in [0.4, 0.5) is 0 Å². The summed E-state index contributed by atoms with van der Waals surface area (Å²) in [4.78, 5) is 0. The van der Waals surface area contributed by atoms with Gasteiger partial charge in [-0.2, -0.15) is 0 Å². The third-order valence-corrected chi connectivity index (χ3v) is 3.50. The van der Waals surface area contributed by atoms with Gasteiger partial charge in [-0.3, -0.25) is 0 Å². The third-order valence-electron chi connectivity index (χ3n) is 3.50. The van der Waals surface area contributed by atoms with Gasteiger partial charge < -0.3 is 0 Å². The predicted molar refractivity (Wildman–Crippen MR) is 56.1 cm³/mol. The van der Waals surface area contributed by atoms with Gasteiger partial charge in [0.2, 0.25) is 0 Å². The zero-order valence-corrected chi connectivity index (χ0v) is 8.99. The average Bonchev–Trinajstić information content (AvgIpc) is 2.35. The molecule has 0 saturated carbocycles. The molecule has 0 heterocycles. The van der Waals surface area contributed by atoms with Gasteiger partial charge in [0.05, 0.1) is 0 Å². The van der Waals surface area contributed by atoms with Crippen molar-refractivity contribution in [1.82, 2.24) is 0 Å². The van der Waals surface area contributed by atoms with E-state index in [9.17, 15) is 0 Å². The fraction of sp³-hybridized carbons (Fsp3) is 0.538. The molecule has 1 aliphatic carbocycles. The molecule has 0 atom stereocenters. The van der Waals surface area contributed by atoms with E-state index in [1.165, 1.54) is 29.5 Å². The summed E-state index contributed by atoms with van der Waals surface area (Å²) in [7, 11) is 0. The lowest BCUT2D eigenvalue weighted by Gasteiger charge is -2.19. The van der Waals surface area contributed by atoms with Crippen molar-refractivity contribution >= 4 is 0 Å². The van der Waals surface area contributed by atoms with Crippen molar-refractivity contribution in [3.8, 4) is 0 Å². The summed E-state index contributed by atoms with van der Waals surface area (Å²) in [5.41, 5.74) is 6.26. The van der Waals surface area contributed by atoms with Crippen molar-refractivity contribution in [1.29, 1.82) is 0 Å². The van der Waals surface area contributed by atoms with Gasteiger partial charge in [0.1, 0.15) is 0 Å². The first-order valence-electron chi connectivity index (χ1n) is 5.03. The van der Waals surface area contributed by atoms with Crippen molar-refractivity contribution in [2.24, 2.45) is 0 Å². The lowest BCUT2D eigenvalue weighted by Crippen LogP contribution is -2.11. The van der Waals surface area contributed by atoms with E-state index in [0.29, 0.717) is 5.41 Å². The zero-order valence-electron chi connectivity index (χ0n) is 8.99. The molecule has 2 rings (SSSR count). The van der Waals surface area contributed by atoms with Crippen LogP contribution in [-0.2, 0) is 11.8 Å². The topological polar surface area (TPSA) is 0 Å². The van der Waals surface area contributed by atoms with Crippen LogP contribution in [0.5, 0.6) is 0 Å². The van der Waals surface area contributed by atoms with Gasteiger partial charge in [-0.15, -0.1) is 0 Å². The Morgan fingerprint density at radius 3 is 2.69 bits per heavy atom. The first-order chi connectivity index (χ1) is 6.02. The summed E-state index contributed by atoms with van der Waals surface area (Å²) in [6, 6.07) is 5.55. The molecule has 0 aliphatic heterocycles. The minimum Gasteiger partial charge on any atom is -0.0558 e. The molecule has 1 aliphatic rings. The quantitative estimate of drug-likeness (QED) is 0.564. The van der Waals surface area contributed by atoms with Crippen molar-refractivity contribution < 1.29 is 0 Å². The van der Waals surface area contributed by atoms with Crippen LogP contribution in [0.15, 0.2) is 6.07 Å². The smallest absolute Gasteiger partial charge is 0.00973 e. The molecule has 1 aromatic carbocycles. The van der Waals surface area contributed by atoms with Crippen LogP contribution in [0.2, 0.25) is 0 Å². The molecule has 1 radical (unpaired) electrons. The van der Waals surface area contributed by atoms with Crippen LogP contribution in [0.3, 0.4) is 0 Å². The molecule has 1 aromatic rings.